The van der Waals surface area contributed by atoms with Gasteiger partial charge in [0, 0.05) is 5.41 Å². The molecular formula is C49H34. The van der Waals surface area contributed by atoms with Gasteiger partial charge in [-0.3, -0.25) is 0 Å². The lowest BCUT2D eigenvalue weighted by molar-refractivity contribution is 0.661. The summed E-state index contributed by atoms with van der Waals surface area (Å²) in [6.45, 7) is 4.78. The van der Waals surface area contributed by atoms with E-state index in [9.17, 15) is 0 Å². The van der Waals surface area contributed by atoms with Crippen LogP contribution >= 0.6 is 0 Å². The minimum absolute atomic E-state index is 0.102. The summed E-state index contributed by atoms with van der Waals surface area (Å²) in [4.78, 5) is 0. The normalized spacial score (nSPS) is 13.3. The summed E-state index contributed by atoms with van der Waals surface area (Å²) in [5.74, 6) is 0. The maximum absolute atomic E-state index is 2.52. The van der Waals surface area contributed by atoms with Gasteiger partial charge in [-0.1, -0.05) is 178 Å². The van der Waals surface area contributed by atoms with Crippen LogP contribution in [0.4, 0.5) is 0 Å². The van der Waals surface area contributed by atoms with Crippen LogP contribution in [-0.2, 0) is 5.41 Å². The number of hydrogen-bond acceptors (Lipinski definition) is 0. The molecule has 0 N–H and O–H groups in total. The smallest absolute Gasteiger partial charge is 0.0159 e. The molecule has 0 heterocycles. The van der Waals surface area contributed by atoms with E-state index in [1.54, 1.807) is 0 Å². The van der Waals surface area contributed by atoms with Crippen molar-refractivity contribution in [3.63, 3.8) is 0 Å². The summed E-state index contributed by atoms with van der Waals surface area (Å²) in [6, 6.07) is 63.0. The first kappa shape index (κ1) is 28.1. The van der Waals surface area contributed by atoms with Gasteiger partial charge in [-0.25, -0.2) is 0 Å². The molecule has 0 unspecified atom stereocenters. The van der Waals surface area contributed by atoms with Gasteiger partial charge in [-0.05, 0) is 105 Å². The van der Waals surface area contributed by atoms with Crippen molar-refractivity contribution < 1.29 is 0 Å². The zero-order valence-corrected chi connectivity index (χ0v) is 27.7. The SMILES string of the molecule is CC1(C)c2ccccc2-c2c1cc(-c1c3ccccc3c(-c3ccc(-c4ccccc4)c4ccccc34)c3ccccc13)c1ccccc21. The number of benzene rings is 9. The van der Waals surface area contributed by atoms with Gasteiger partial charge in [-0.15, -0.1) is 0 Å². The quantitative estimate of drug-likeness (QED) is 0.172. The van der Waals surface area contributed by atoms with Crippen molar-refractivity contribution in [3.8, 4) is 44.5 Å². The minimum atomic E-state index is -0.102. The van der Waals surface area contributed by atoms with Gasteiger partial charge < -0.3 is 0 Å². The highest BCUT2D eigenvalue weighted by Crippen LogP contribution is 2.55. The van der Waals surface area contributed by atoms with E-state index in [1.807, 2.05) is 0 Å². The van der Waals surface area contributed by atoms with Crippen molar-refractivity contribution in [3.05, 3.63) is 181 Å². The molecule has 1 aliphatic carbocycles. The van der Waals surface area contributed by atoms with Crippen LogP contribution in [0.3, 0.4) is 0 Å². The molecule has 0 aromatic heterocycles. The van der Waals surface area contributed by atoms with Gasteiger partial charge in [0.05, 0.1) is 0 Å². The fourth-order valence-corrected chi connectivity index (χ4v) is 8.85. The Morgan fingerprint density at radius 1 is 0.286 bits per heavy atom. The lowest BCUT2D eigenvalue weighted by Crippen LogP contribution is -2.15. The van der Waals surface area contributed by atoms with Crippen molar-refractivity contribution in [1.29, 1.82) is 0 Å². The highest BCUT2D eigenvalue weighted by Gasteiger charge is 2.37. The van der Waals surface area contributed by atoms with E-state index in [0.29, 0.717) is 0 Å². The Kier molecular flexibility index (Phi) is 6.02. The molecule has 0 atom stereocenters. The molecule has 10 rings (SSSR count). The molecule has 0 aliphatic heterocycles. The van der Waals surface area contributed by atoms with E-state index in [0.717, 1.165) is 0 Å². The van der Waals surface area contributed by atoms with Crippen LogP contribution in [0.1, 0.15) is 25.0 Å². The van der Waals surface area contributed by atoms with E-state index in [-0.39, 0.29) is 5.41 Å². The monoisotopic (exact) mass is 622 g/mol. The number of fused-ring (bicyclic) bond motifs is 8. The lowest BCUT2D eigenvalue weighted by Gasteiger charge is -2.24. The summed E-state index contributed by atoms with van der Waals surface area (Å²) in [5.41, 5.74) is 13.1. The summed E-state index contributed by atoms with van der Waals surface area (Å²) in [5, 5.41) is 10.3. The lowest BCUT2D eigenvalue weighted by atomic mass is 9.78. The Labute approximate surface area is 286 Å². The summed E-state index contributed by atoms with van der Waals surface area (Å²) in [6.07, 6.45) is 0. The van der Waals surface area contributed by atoms with E-state index in [1.165, 1.54) is 98.7 Å². The molecule has 0 fully saturated rings. The molecule has 0 saturated heterocycles. The molecular weight excluding hydrogens is 589 g/mol. The Morgan fingerprint density at radius 2 is 0.694 bits per heavy atom. The molecule has 230 valence electrons. The van der Waals surface area contributed by atoms with Gasteiger partial charge in [0.2, 0.25) is 0 Å². The molecule has 9 aromatic rings. The maximum atomic E-state index is 2.52. The molecule has 9 aromatic carbocycles. The summed E-state index contributed by atoms with van der Waals surface area (Å²) >= 11 is 0. The second-order valence-electron chi connectivity index (χ2n) is 14.0. The van der Waals surface area contributed by atoms with Gasteiger partial charge in [0.15, 0.2) is 0 Å². The Morgan fingerprint density at radius 3 is 1.29 bits per heavy atom. The van der Waals surface area contributed by atoms with Crippen molar-refractivity contribution in [1.82, 2.24) is 0 Å². The predicted octanol–water partition coefficient (Wildman–Crippen LogP) is 13.6. The third kappa shape index (κ3) is 3.98. The Balaban J connectivity index is 1.33. The largest absolute Gasteiger partial charge is 0.0622 e. The highest BCUT2D eigenvalue weighted by molar-refractivity contribution is 6.26. The fourth-order valence-electron chi connectivity index (χ4n) is 8.85. The minimum Gasteiger partial charge on any atom is -0.0622 e. The van der Waals surface area contributed by atoms with Crippen LogP contribution in [0.25, 0.3) is 87.6 Å². The van der Waals surface area contributed by atoms with E-state index >= 15 is 0 Å². The Bertz CT molecular complexity index is 2720. The average molecular weight is 623 g/mol. The van der Waals surface area contributed by atoms with Crippen LogP contribution < -0.4 is 0 Å². The van der Waals surface area contributed by atoms with E-state index < -0.39 is 0 Å². The zero-order chi connectivity index (χ0) is 32.7. The maximum Gasteiger partial charge on any atom is 0.0159 e. The summed E-state index contributed by atoms with van der Waals surface area (Å²) < 4.78 is 0. The standard InChI is InChI=1S/C49H34/c1-49(2)44-27-15-14-26-42(44)48-36-21-9-8-20-35(36)43(30-45(48)49)47-39-24-12-10-22-37(39)46(38-23-11-13-25-40(38)47)41-29-28-32(31-16-4-3-5-17-31)33-18-6-7-19-34(33)41/h3-30H,1-2H3. The first-order chi connectivity index (χ1) is 24.1. The van der Waals surface area contributed by atoms with Crippen molar-refractivity contribution in [2.24, 2.45) is 0 Å². The Hall–Kier alpha value is -5.98. The summed E-state index contributed by atoms with van der Waals surface area (Å²) in [7, 11) is 0. The molecule has 49 heavy (non-hydrogen) atoms. The van der Waals surface area contributed by atoms with Crippen LogP contribution in [0.15, 0.2) is 170 Å². The first-order valence-electron chi connectivity index (χ1n) is 17.3. The first-order valence-corrected chi connectivity index (χ1v) is 17.3. The van der Waals surface area contributed by atoms with Crippen molar-refractivity contribution in [2.45, 2.75) is 19.3 Å². The third-order valence-electron chi connectivity index (χ3n) is 11.1. The van der Waals surface area contributed by atoms with Crippen LogP contribution in [0.5, 0.6) is 0 Å². The molecule has 0 amide bonds. The van der Waals surface area contributed by atoms with Gasteiger partial charge in [0.1, 0.15) is 0 Å². The van der Waals surface area contributed by atoms with Crippen LogP contribution in [0, 0.1) is 0 Å². The second kappa shape index (κ2) is 10.5. The van der Waals surface area contributed by atoms with Crippen LogP contribution in [-0.4, -0.2) is 0 Å². The van der Waals surface area contributed by atoms with E-state index in [2.05, 4.69) is 184 Å². The number of hydrogen-bond donors (Lipinski definition) is 0. The molecule has 0 radical (unpaired) electrons. The fraction of sp³-hybridized carbons (Fsp3) is 0.0612. The molecule has 0 saturated carbocycles. The van der Waals surface area contributed by atoms with E-state index in [4.69, 9.17) is 0 Å². The molecule has 0 heteroatoms. The van der Waals surface area contributed by atoms with Gasteiger partial charge in [-0.2, -0.15) is 0 Å². The highest BCUT2D eigenvalue weighted by atomic mass is 14.4. The third-order valence-corrected chi connectivity index (χ3v) is 11.1. The molecule has 1 aliphatic rings. The topological polar surface area (TPSA) is 0 Å². The average Bonchev–Trinajstić information content (AvgIpc) is 3.39. The predicted molar refractivity (Wildman–Crippen MR) is 210 cm³/mol. The number of rotatable bonds is 3. The van der Waals surface area contributed by atoms with Gasteiger partial charge >= 0.3 is 0 Å². The zero-order valence-electron chi connectivity index (χ0n) is 27.7. The molecule has 0 bridgehead atoms. The second-order valence-corrected chi connectivity index (χ2v) is 14.0. The van der Waals surface area contributed by atoms with Crippen molar-refractivity contribution in [2.75, 3.05) is 0 Å². The van der Waals surface area contributed by atoms with Crippen LogP contribution in [0.2, 0.25) is 0 Å². The molecule has 0 spiro atoms. The van der Waals surface area contributed by atoms with Gasteiger partial charge in [0.25, 0.3) is 0 Å². The van der Waals surface area contributed by atoms with Crippen molar-refractivity contribution >= 4 is 43.1 Å². The molecule has 0 nitrogen and oxygen atoms in total.